The summed E-state index contributed by atoms with van der Waals surface area (Å²) < 4.78 is 9.17. The first-order valence-electron chi connectivity index (χ1n) is 22.9. The van der Waals surface area contributed by atoms with E-state index in [9.17, 15) is 0 Å². The van der Waals surface area contributed by atoms with Crippen molar-refractivity contribution < 1.29 is 4.42 Å². The summed E-state index contributed by atoms with van der Waals surface area (Å²) in [5.74, 6) is 1.77. The van der Waals surface area contributed by atoms with Crippen molar-refractivity contribution in [3.05, 3.63) is 243 Å². The van der Waals surface area contributed by atoms with E-state index in [1.54, 1.807) is 0 Å². The van der Waals surface area contributed by atoms with Crippen LogP contribution >= 0.6 is 0 Å². The van der Waals surface area contributed by atoms with Crippen LogP contribution in [-0.4, -0.2) is 19.5 Å². The SMILES string of the molecule is c1ccc(-c2ccc(-c3cccc(-n4c5ccccc5c5cc6c(cc54)oc4cc(-c5nc(-c7ccc(-c8ccccc8)cc7)nc(-c7cccc(-c8ccccc8)c7)n5)ccc46)c3)cc2)cc1. The number of nitrogens with zero attached hydrogens (tertiary/aromatic N) is 4. The summed E-state index contributed by atoms with van der Waals surface area (Å²) >= 11 is 0. The summed E-state index contributed by atoms with van der Waals surface area (Å²) in [6, 6.07) is 85.2. The summed E-state index contributed by atoms with van der Waals surface area (Å²) in [7, 11) is 0. The molecule has 0 amide bonds. The number of rotatable bonds is 8. The monoisotopic (exact) mass is 868 g/mol. The lowest BCUT2D eigenvalue weighted by atomic mass is 10.00. The minimum atomic E-state index is 0.571. The van der Waals surface area contributed by atoms with Crippen LogP contribution in [0.2, 0.25) is 0 Å². The Balaban J connectivity index is 0.914. The predicted molar refractivity (Wildman–Crippen MR) is 279 cm³/mol. The van der Waals surface area contributed by atoms with Crippen molar-refractivity contribution in [2.75, 3.05) is 0 Å². The summed E-state index contributed by atoms with van der Waals surface area (Å²) in [6.07, 6.45) is 0. The van der Waals surface area contributed by atoms with Crippen LogP contribution in [0, 0.1) is 0 Å². The Morgan fingerprint density at radius 1 is 0.250 bits per heavy atom. The van der Waals surface area contributed by atoms with Gasteiger partial charge < -0.3 is 8.98 Å². The Bertz CT molecular complexity index is 3990. The zero-order valence-corrected chi connectivity index (χ0v) is 36.8. The second kappa shape index (κ2) is 16.4. The summed E-state index contributed by atoms with van der Waals surface area (Å²) in [4.78, 5) is 15.4. The molecule has 3 aromatic heterocycles. The van der Waals surface area contributed by atoms with Crippen LogP contribution in [0.4, 0.5) is 0 Å². The van der Waals surface area contributed by atoms with E-state index in [4.69, 9.17) is 19.4 Å². The number of benzene rings is 10. The largest absolute Gasteiger partial charge is 0.456 e. The van der Waals surface area contributed by atoms with E-state index in [1.165, 1.54) is 27.5 Å². The highest BCUT2D eigenvalue weighted by Gasteiger charge is 2.19. The van der Waals surface area contributed by atoms with E-state index in [2.05, 4.69) is 235 Å². The smallest absolute Gasteiger partial charge is 0.164 e. The fourth-order valence-electron chi connectivity index (χ4n) is 9.64. The first-order valence-corrected chi connectivity index (χ1v) is 22.9. The van der Waals surface area contributed by atoms with Gasteiger partial charge in [-0.3, -0.25) is 0 Å². The molecular formula is C63H40N4O. The number of hydrogen-bond donors (Lipinski definition) is 0. The third kappa shape index (κ3) is 7.02. The molecule has 0 saturated carbocycles. The Hall–Kier alpha value is -9.19. The molecule has 5 nitrogen and oxygen atoms in total. The number of fused-ring (bicyclic) bond motifs is 6. The Morgan fingerprint density at radius 3 is 1.34 bits per heavy atom. The van der Waals surface area contributed by atoms with Crippen LogP contribution in [0.1, 0.15) is 0 Å². The van der Waals surface area contributed by atoms with Gasteiger partial charge in [-0.2, -0.15) is 0 Å². The summed E-state index contributed by atoms with van der Waals surface area (Å²) in [6.45, 7) is 0. The van der Waals surface area contributed by atoms with Gasteiger partial charge in [0.25, 0.3) is 0 Å². The van der Waals surface area contributed by atoms with Crippen LogP contribution in [0.25, 0.3) is 128 Å². The van der Waals surface area contributed by atoms with Gasteiger partial charge in [0.2, 0.25) is 0 Å². The maximum Gasteiger partial charge on any atom is 0.164 e. The normalized spacial score (nSPS) is 11.5. The summed E-state index contributed by atoms with van der Waals surface area (Å²) in [5, 5.41) is 4.44. The first-order chi connectivity index (χ1) is 33.7. The number of furan rings is 1. The molecule has 13 rings (SSSR count). The molecular weight excluding hydrogens is 829 g/mol. The second-order valence-corrected chi connectivity index (χ2v) is 17.2. The minimum Gasteiger partial charge on any atom is -0.456 e. The van der Waals surface area contributed by atoms with Crippen LogP contribution < -0.4 is 0 Å². The van der Waals surface area contributed by atoms with Crippen molar-refractivity contribution in [2.24, 2.45) is 0 Å². The third-order valence-corrected chi connectivity index (χ3v) is 13.1. The molecule has 0 saturated heterocycles. The zero-order chi connectivity index (χ0) is 45.0. The Morgan fingerprint density at radius 2 is 0.691 bits per heavy atom. The van der Waals surface area contributed by atoms with E-state index < -0.39 is 0 Å². The van der Waals surface area contributed by atoms with Crippen LogP contribution in [-0.2, 0) is 0 Å². The van der Waals surface area contributed by atoms with Gasteiger partial charge in [0, 0.05) is 50.0 Å². The van der Waals surface area contributed by atoms with Crippen LogP contribution in [0.15, 0.2) is 247 Å². The second-order valence-electron chi connectivity index (χ2n) is 17.2. The zero-order valence-electron chi connectivity index (χ0n) is 36.8. The summed E-state index contributed by atoms with van der Waals surface area (Å²) in [5.41, 5.74) is 16.8. The van der Waals surface area contributed by atoms with E-state index in [0.29, 0.717) is 17.5 Å². The quantitative estimate of drug-likeness (QED) is 0.153. The van der Waals surface area contributed by atoms with Gasteiger partial charge in [-0.15, -0.1) is 0 Å². The van der Waals surface area contributed by atoms with Gasteiger partial charge in [-0.05, 0) is 87.0 Å². The van der Waals surface area contributed by atoms with Gasteiger partial charge in [0.05, 0.1) is 11.0 Å². The standard InChI is InChI=1S/C63H40N4O/c1-4-14-41(15-5-1)44-26-28-46(29-27-44)49-21-13-23-52(37-49)67-57-25-11-10-24-53(57)55-39-56-54-35-34-51(38-59(54)68-60(56)40-58(55)67)63-65-61(47-32-30-45(31-33-47)42-16-6-2-7-17-42)64-62(66-63)50-22-12-20-48(36-50)43-18-8-3-9-19-43/h1-40H. The van der Waals surface area contributed by atoms with Crippen molar-refractivity contribution in [3.8, 4) is 84.4 Å². The van der Waals surface area contributed by atoms with Gasteiger partial charge in [-0.1, -0.05) is 194 Å². The molecule has 0 radical (unpaired) electrons. The lowest BCUT2D eigenvalue weighted by molar-refractivity contribution is 0.669. The van der Waals surface area contributed by atoms with E-state index in [-0.39, 0.29) is 0 Å². The molecule has 0 aliphatic rings. The maximum absolute atomic E-state index is 6.82. The molecule has 10 aromatic carbocycles. The highest BCUT2D eigenvalue weighted by atomic mass is 16.3. The van der Waals surface area contributed by atoms with Gasteiger partial charge >= 0.3 is 0 Å². The van der Waals surface area contributed by atoms with Gasteiger partial charge in [0.15, 0.2) is 17.5 Å². The molecule has 68 heavy (non-hydrogen) atoms. The average molecular weight is 869 g/mol. The van der Waals surface area contributed by atoms with Crippen molar-refractivity contribution in [2.45, 2.75) is 0 Å². The molecule has 318 valence electrons. The molecule has 0 spiro atoms. The third-order valence-electron chi connectivity index (χ3n) is 13.1. The van der Waals surface area contributed by atoms with E-state index in [0.717, 1.165) is 83.2 Å². The lowest BCUT2D eigenvalue weighted by Gasteiger charge is -2.11. The van der Waals surface area contributed by atoms with Crippen LogP contribution in [0.5, 0.6) is 0 Å². The highest BCUT2D eigenvalue weighted by Crippen LogP contribution is 2.40. The molecule has 0 aliphatic carbocycles. The van der Waals surface area contributed by atoms with Crippen molar-refractivity contribution in [3.63, 3.8) is 0 Å². The fourth-order valence-corrected chi connectivity index (χ4v) is 9.64. The molecule has 0 aliphatic heterocycles. The number of hydrogen-bond acceptors (Lipinski definition) is 4. The van der Waals surface area contributed by atoms with E-state index in [1.807, 2.05) is 12.1 Å². The Kier molecular flexibility index (Phi) is 9.43. The predicted octanol–water partition coefficient (Wildman–Crippen LogP) is 16.5. The molecule has 0 N–H and O–H groups in total. The molecule has 13 aromatic rings. The van der Waals surface area contributed by atoms with E-state index >= 15 is 0 Å². The topological polar surface area (TPSA) is 56.7 Å². The molecule has 0 unspecified atom stereocenters. The molecule has 0 atom stereocenters. The molecule has 0 bridgehead atoms. The number of aromatic nitrogens is 4. The average Bonchev–Trinajstić information content (AvgIpc) is 3.95. The minimum absolute atomic E-state index is 0.571. The van der Waals surface area contributed by atoms with Crippen LogP contribution in [0.3, 0.4) is 0 Å². The first kappa shape index (κ1) is 39.2. The lowest BCUT2D eigenvalue weighted by Crippen LogP contribution is -2.00. The van der Waals surface area contributed by atoms with Crippen molar-refractivity contribution in [1.29, 1.82) is 0 Å². The van der Waals surface area contributed by atoms with Crippen molar-refractivity contribution >= 4 is 43.7 Å². The van der Waals surface area contributed by atoms with Gasteiger partial charge in [-0.25, -0.2) is 15.0 Å². The van der Waals surface area contributed by atoms with Crippen molar-refractivity contribution in [1.82, 2.24) is 19.5 Å². The Labute approximate surface area is 392 Å². The molecule has 0 fully saturated rings. The highest BCUT2D eigenvalue weighted by molar-refractivity contribution is 6.17. The maximum atomic E-state index is 6.82. The van der Waals surface area contributed by atoms with Gasteiger partial charge in [0.1, 0.15) is 11.2 Å². The molecule has 5 heteroatoms. The fraction of sp³-hybridized carbons (Fsp3) is 0. The molecule has 3 heterocycles. The number of para-hydroxylation sites is 1.